The molecule has 0 aliphatic carbocycles. The molecule has 1 saturated heterocycles. The fraction of sp³-hybridized carbons (Fsp3) is 0.381. The molecule has 1 amide bonds. The molecule has 0 spiro atoms. The first-order valence-corrected chi connectivity index (χ1v) is 12.8. The molecular formula is C21H25ClN4O3S2. The van der Waals surface area contributed by atoms with Crippen LogP contribution in [0.15, 0.2) is 53.4 Å². The van der Waals surface area contributed by atoms with Gasteiger partial charge < -0.3 is 9.62 Å². The maximum absolute atomic E-state index is 13.4. The molecule has 2 N–H and O–H groups in total. The minimum absolute atomic E-state index is 0.0825. The first-order chi connectivity index (χ1) is 14.7. The van der Waals surface area contributed by atoms with E-state index in [4.69, 9.17) is 11.6 Å². The van der Waals surface area contributed by atoms with E-state index in [-0.39, 0.29) is 22.5 Å². The van der Waals surface area contributed by atoms with Crippen molar-refractivity contribution in [1.82, 2.24) is 13.9 Å². The minimum atomic E-state index is -3.96. The number of carbonyl (C=O) groups is 1. The van der Waals surface area contributed by atoms with E-state index in [1.54, 1.807) is 34.9 Å². The summed E-state index contributed by atoms with van der Waals surface area (Å²) in [5.74, 6) is 0.614. The van der Waals surface area contributed by atoms with Gasteiger partial charge >= 0.3 is 0 Å². The molecule has 0 bridgehead atoms. The van der Waals surface area contributed by atoms with Crippen LogP contribution in [-0.2, 0) is 10.0 Å². The van der Waals surface area contributed by atoms with Crippen LogP contribution in [0.5, 0.6) is 0 Å². The van der Waals surface area contributed by atoms with Gasteiger partial charge in [-0.15, -0.1) is 0 Å². The molecule has 0 aromatic heterocycles. The Morgan fingerprint density at radius 2 is 2.13 bits per heavy atom. The van der Waals surface area contributed by atoms with Gasteiger partial charge in [0, 0.05) is 30.0 Å². The standard InChI is InChI=1S/C21H25ClN4O3S2/c1-4-16-13(2)12-25(14(16)3)21(27)17-8-7-15(22)10-18(17)24-31(28,29)20-6-5-9-26-19(20)11-23-30-26/h5-11,13-14,16,23-24H,4,12H2,1-3H3. The molecule has 4 rings (SSSR count). The van der Waals surface area contributed by atoms with Crippen molar-refractivity contribution < 1.29 is 13.2 Å². The van der Waals surface area contributed by atoms with E-state index in [1.807, 2.05) is 4.90 Å². The Labute approximate surface area is 192 Å². The summed E-state index contributed by atoms with van der Waals surface area (Å²) in [5.41, 5.74) is 0.988. The van der Waals surface area contributed by atoms with Crippen molar-refractivity contribution in [3.05, 3.63) is 63.9 Å². The van der Waals surface area contributed by atoms with Crippen molar-refractivity contribution in [2.75, 3.05) is 11.3 Å². The van der Waals surface area contributed by atoms with Crippen LogP contribution in [0.3, 0.4) is 0 Å². The first-order valence-electron chi connectivity index (χ1n) is 10.2. The molecule has 3 atom stereocenters. The van der Waals surface area contributed by atoms with Crippen molar-refractivity contribution >= 4 is 45.4 Å². The fourth-order valence-corrected chi connectivity index (χ4v) is 6.68. The SMILES string of the molecule is CCC1C(C)CN(C(=O)c2ccc(Cl)cc2NS(=O)(=O)C2=CC=CN3SNC=C23)C1C. The Bertz CT molecular complexity index is 1100. The molecule has 166 valence electrons. The van der Waals surface area contributed by atoms with Crippen molar-refractivity contribution in [1.29, 1.82) is 0 Å². The van der Waals surface area contributed by atoms with E-state index in [0.29, 0.717) is 34.7 Å². The highest BCUT2D eigenvalue weighted by Gasteiger charge is 2.39. The smallest absolute Gasteiger partial charge is 0.264 e. The molecule has 10 heteroatoms. The average Bonchev–Trinajstić information content (AvgIpc) is 3.31. The zero-order chi connectivity index (χ0) is 22.3. The number of rotatable bonds is 5. The highest BCUT2D eigenvalue weighted by atomic mass is 35.5. The number of sulfonamides is 1. The normalized spacial score (nSPS) is 25.1. The van der Waals surface area contributed by atoms with Gasteiger partial charge in [0.15, 0.2) is 0 Å². The molecule has 0 saturated carbocycles. The third-order valence-electron chi connectivity index (χ3n) is 6.11. The summed E-state index contributed by atoms with van der Waals surface area (Å²) in [4.78, 5) is 15.4. The van der Waals surface area contributed by atoms with Gasteiger partial charge in [-0.25, -0.2) is 8.42 Å². The lowest BCUT2D eigenvalue weighted by atomic mass is 9.90. The Kier molecular flexibility index (Phi) is 6.02. The van der Waals surface area contributed by atoms with Gasteiger partial charge in [-0.2, -0.15) is 0 Å². The fourth-order valence-electron chi connectivity index (χ4n) is 4.54. The highest BCUT2D eigenvalue weighted by Crippen LogP contribution is 2.36. The van der Waals surface area contributed by atoms with Crippen LogP contribution in [0.2, 0.25) is 5.02 Å². The van der Waals surface area contributed by atoms with Crippen LogP contribution in [-0.4, -0.2) is 36.1 Å². The number of benzene rings is 1. The zero-order valence-electron chi connectivity index (χ0n) is 17.5. The summed E-state index contributed by atoms with van der Waals surface area (Å²) in [6, 6.07) is 4.77. The largest absolute Gasteiger partial charge is 0.335 e. The summed E-state index contributed by atoms with van der Waals surface area (Å²) in [5, 5.41) is 0.347. The van der Waals surface area contributed by atoms with Crippen LogP contribution in [0.4, 0.5) is 5.69 Å². The van der Waals surface area contributed by atoms with Crippen molar-refractivity contribution in [2.24, 2.45) is 11.8 Å². The zero-order valence-corrected chi connectivity index (χ0v) is 19.9. The second kappa shape index (κ2) is 8.44. The topological polar surface area (TPSA) is 81.8 Å². The molecule has 3 heterocycles. The van der Waals surface area contributed by atoms with Crippen molar-refractivity contribution in [3.63, 3.8) is 0 Å². The quantitative estimate of drug-likeness (QED) is 0.611. The van der Waals surface area contributed by atoms with Crippen LogP contribution in [0, 0.1) is 11.8 Å². The van der Waals surface area contributed by atoms with E-state index in [9.17, 15) is 13.2 Å². The Morgan fingerprint density at radius 1 is 1.35 bits per heavy atom. The van der Waals surface area contributed by atoms with Gasteiger partial charge in [0.05, 0.1) is 29.1 Å². The number of anilines is 1. The minimum Gasteiger partial charge on any atom is -0.335 e. The predicted octanol–water partition coefficient (Wildman–Crippen LogP) is 4.31. The summed E-state index contributed by atoms with van der Waals surface area (Å²) in [6.07, 6.45) is 7.57. The number of halogens is 1. The number of hydrogen-bond donors (Lipinski definition) is 2. The summed E-state index contributed by atoms with van der Waals surface area (Å²) in [6.45, 7) is 6.99. The van der Waals surface area contributed by atoms with Gasteiger partial charge in [-0.3, -0.25) is 13.8 Å². The lowest BCUT2D eigenvalue weighted by Crippen LogP contribution is -2.36. The number of amides is 1. The second-order valence-corrected chi connectivity index (χ2v) is 10.9. The molecule has 0 radical (unpaired) electrons. The third-order valence-corrected chi connectivity index (χ3v) is 8.50. The first kappa shape index (κ1) is 22.1. The molecular weight excluding hydrogens is 456 g/mol. The van der Waals surface area contributed by atoms with Crippen LogP contribution in [0.25, 0.3) is 0 Å². The number of nitrogens with zero attached hydrogens (tertiary/aromatic N) is 2. The van der Waals surface area contributed by atoms with Gasteiger partial charge in [0.2, 0.25) is 0 Å². The molecule has 1 aromatic rings. The molecule has 7 nitrogen and oxygen atoms in total. The highest BCUT2D eigenvalue weighted by molar-refractivity contribution is 7.97. The van der Waals surface area contributed by atoms with E-state index >= 15 is 0 Å². The maximum Gasteiger partial charge on any atom is 0.264 e. The average molecular weight is 481 g/mol. The molecule has 1 aromatic carbocycles. The van der Waals surface area contributed by atoms with Crippen LogP contribution < -0.4 is 9.44 Å². The summed E-state index contributed by atoms with van der Waals surface area (Å²) >= 11 is 7.44. The van der Waals surface area contributed by atoms with Crippen LogP contribution >= 0.6 is 23.7 Å². The molecule has 3 aliphatic rings. The maximum atomic E-state index is 13.4. The van der Waals surface area contributed by atoms with Gasteiger partial charge in [-0.05, 0) is 49.1 Å². The van der Waals surface area contributed by atoms with E-state index in [1.165, 1.54) is 24.3 Å². The Morgan fingerprint density at radius 3 is 2.84 bits per heavy atom. The molecule has 31 heavy (non-hydrogen) atoms. The number of allylic oxidation sites excluding steroid dienone is 2. The lowest BCUT2D eigenvalue weighted by Gasteiger charge is -2.26. The lowest BCUT2D eigenvalue weighted by molar-refractivity contribution is 0.0731. The van der Waals surface area contributed by atoms with E-state index in [0.717, 1.165) is 6.42 Å². The molecule has 1 fully saturated rings. The molecule has 3 aliphatic heterocycles. The Balaban J connectivity index is 1.66. The van der Waals surface area contributed by atoms with E-state index < -0.39 is 10.0 Å². The van der Waals surface area contributed by atoms with E-state index in [2.05, 4.69) is 30.2 Å². The van der Waals surface area contributed by atoms with Gasteiger partial charge in [0.25, 0.3) is 15.9 Å². The number of fused-ring (bicyclic) bond motifs is 1. The van der Waals surface area contributed by atoms with Gasteiger partial charge in [0.1, 0.15) is 4.91 Å². The third kappa shape index (κ3) is 4.06. The number of carbonyl (C=O) groups excluding carboxylic acids is 1. The number of nitrogens with one attached hydrogen (secondary N) is 2. The van der Waals surface area contributed by atoms with Gasteiger partial charge in [-0.1, -0.05) is 31.9 Å². The second-order valence-electron chi connectivity index (χ2n) is 7.98. The predicted molar refractivity (Wildman–Crippen MR) is 125 cm³/mol. The van der Waals surface area contributed by atoms with Crippen molar-refractivity contribution in [3.8, 4) is 0 Å². The summed E-state index contributed by atoms with van der Waals surface area (Å²) < 4.78 is 33.7. The summed E-state index contributed by atoms with van der Waals surface area (Å²) in [7, 11) is -3.96. The number of hydrogen-bond acceptors (Lipinski definition) is 6. The number of likely N-dealkylation sites (tertiary alicyclic amines) is 1. The van der Waals surface area contributed by atoms with Crippen molar-refractivity contribution in [2.45, 2.75) is 33.2 Å². The van der Waals surface area contributed by atoms with Crippen LogP contribution in [0.1, 0.15) is 37.6 Å². The monoisotopic (exact) mass is 480 g/mol. The Hall–Kier alpha value is -2.10. The molecule has 3 unspecified atom stereocenters.